The van der Waals surface area contributed by atoms with Crippen LogP contribution in [0.15, 0.2) is 36.7 Å². The molecule has 0 saturated carbocycles. The minimum Gasteiger partial charge on any atom is -0.480 e. The van der Waals surface area contributed by atoms with Crippen LogP contribution in [-0.4, -0.2) is 80.8 Å². The molecule has 0 amide bonds. The van der Waals surface area contributed by atoms with Gasteiger partial charge in [0.25, 0.3) is 24.2 Å². The zero-order valence-corrected chi connectivity index (χ0v) is 23.1. The van der Waals surface area contributed by atoms with Crippen molar-refractivity contribution in [3.05, 3.63) is 53.6 Å². The van der Waals surface area contributed by atoms with Gasteiger partial charge in [-0.2, -0.15) is 0 Å². The molecule has 0 bridgehead atoms. The number of aliphatic carboxylic acids is 1. The SMILES string of the molecule is CCC[C@@H](OC=O)n1cc(CN(CCc2ccc(NS(=O)O)cc2)Cc2cn([C@@H](CCOC=O)C(=O)O)nn2)nn1. The van der Waals surface area contributed by atoms with E-state index in [1.165, 1.54) is 15.6 Å². The van der Waals surface area contributed by atoms with Gasteiger partial charge in [0, 0.05) is 38.2 Å². The van der Waals surface area contributed by atoms with E-state index in [0.717, 1.165) is 12.0 Å². The Labute approximate surface area is 238 Å². The topological polar surface area (TPSA) is 204 Å². The average molecular weight is 593 g/mol. The van der Waals surface area contributed by atoms with Gasteiger partial charge in [0.1, 0.15) is 0 Å². The molecule has 3 N–H and O–H groups in total. The van der Waals surface area contributed by atoms with E-state index in [1.54, 1.807) is 18.3 Å². The molecular weight excluding hydrogens is 560 g/mol. The molecule has 3 aromatic rings. The van der Waals surface area contributed by atoms with Gasteiger partial charge in [-0.15, -0.1) is 10.2 Å². The predicted octanol–water partition coefficient (Wildman–Crippen LogP) is 1.32. The van der Waals surface area contributed by atoms with Crippen molar-refractivity contribution in [3.8, 4) is 0 Å². The van der Waals surface area contributed by atoms with E-state index < -0.39 is 29.5 Å². The number of carbonyl (C=O) groups is 3. The largest absolute Gasteiger partial charge is 0.480 e. The average Bonchev–Trinajstić information content (AvgIpc) is 3.60. The summed E-state index contributed by atoms with van der Waals surface area (Å²) in [4.78, 5) is 35.1. The Morgan fingerprint density at radius 3 is 2.32 bits per heavy atom. The van der Waals surface area contributed by atoms with Gasteiger partial charge in [-0.25, -0.2) is 18.4 Å². The highest BCUT2D eigenvalue weighted by molar-refractivity contribution is 7.80. The first-order valence-electron chi connectivity index (χ1n) is 12.7. The van der Waals surface area contributed by atoms with Crippen LogP contribution in [0.25, 0.3) is 0 Å². The number of hydrogen-bond acceptors (Lipinski definition) is 11. The molecule has 0 aliphatic heterocycles. The van der Waals surface area contributed by atoms with Crippen molar-refractivity contribution < 1.29 is 37.7 Å². The number of nitrogens with one attached hydrogen (secondary N) is 1. The molecule has 16 nitrogen and oxygen atoms in total. The van der Waals surface area contributed by atoms with Crippen LogP contribution < -0.4 is 4.72 Å². The van der Waals surface area contributed by atoms with E-state index in [0.29, 0.717) is 56.0 Å². The van der Waals surface area contributed by atoms with Crippen LogP contribution in [0.5, 0.6) is 0 Å². The fraction of sp³-hybridized carbons (Fsp3) is 0.458. The molecule has 3 atom stereocenters. The lowest BCUT2D eigenvalue weighted by atomic mass is 10.1. The van der Waals surface area contributed by atoms with E-state index in [2.05, 4.69) is 30.1 Å². The third-order valence-corrected chi connectivity index (χ3v) is 6.40. The number of carbonyl (C=O) groups excluding carboxylic acids is 2. The van der Waals surface area contributed by atoms with Crippen molar-refractivity contribution in [1.29, 1.82) is 0 Å². The van der Waals surface area contributed by atoms with Crippen molar-refractivity contribution in [2.24, 2.45) is 0 Å². The maximum atomic E-state index is 11.7. The van der Waals surface area contributed by atoms with Gasteiger partial charge in [0.15, 0.2) is 12.3 Å². The number of nitrogens with zero attached hydrogens (tertiary/aromatic N) is 7. The Morgan fingerprint density at radius 1 is 1.07 bits per heavy atom. The fourth-order valence-corrected chi connectivity index (χ4v) is 4.37. The van der Waals surface area contributed by atoms with Gasteiger partial charge >= 0.3 is 5.97 Å². The Kier molecular flexibility index (Phi) is 12.3. The van der Waals surface area contributed by atoms with Crippen LogP contribution in [0.1, 0.15) is 55.4 Å². The molecule has 222 valence electrons. The third kappa shape index (κ3) is 10.0. The molecule has 3 rings (SSSR count). The van der Waals surface area contributed by atoms with Crippen molar-refractivity contribution in [3.63, 3.8) is 0 Å². The quantitative estimate of drug-likeness (QED) is 0.0963. The molecule has 0 aliphatic carbocycles. The molecule has 0 aliphatic rings. The van der Waals surface area contributed by atoms with Crippen molar-refractivity contribution in [1.82, 2.24) is 34.9 Å². The van der Waals surface area contributed by atoms with Gasteiger partial charge in [0.05, 0.1) is 30.4 Å². The highest BCUT2D eigenvalue weighted by Crippen LogP contribution is 2.17. The Hall–Kier alpha value is -4.22. The minimum atomic E-state index is -2.17. The summed E-state index contributed by atoms with van der Waals surface area (Å²) in [6.07, 6.45) is 4.66. The van der Waals surface area contributed by atoms with Gasteiger partial charge < -0.3 is 14.6 Å². The number of carboxylic acid groups (broad SMARTS) is 1. The Morgan fingerprint density at radius 2 is 1.73 bits per heavy atom. The third-order valence-electron chi connectivity index (χ3n) is 5.99. The summed E-state index contributed by atoms with van der Waals surface area (Å²) in [5.74, 6) is -1.13. The van der Waals surface area contributed by atoms with Crippen molar-refractivity contribution in [2.75, 3.05) is 17.9 Å². The summed E-state index contributed by atoms with van der Waals surface area (Å²) in [6, 6.07) is 6.02. The molecular formula is C24H32N8O8S. The zero-order chi connectivity index (χ0) is 29.6. The number of rotatable bonds is 20. The molecule has 41 heavy (non-hydrogen) atoms. The summed E-state index contributed by atoms with van der Waals surface area (Å²) in [5.41, 5.74) is 2.61. The van der Waals surface area contributed by atoms with E-state index in [9.17, 15) is 23.7 Å². The van der Waals surface area contributed by atoms with Crippen molar-refractivity contribution >= 4 is 35.9 Å². The number of hydrogen-bond donors (Lipinski definition) is 3. The molecule has 2 heterocycles. The molecule has 1 aromatic carbocycles. The van der Waals surface area contributed by atoms with Gasteiger partial charge in [-0.3, -0.25) is 23.8 Å². The number of ether oxygens (including phenoxy) is 2. The van der Waals surface area contributed by atoms with Gasteiger partial charge in [-0.05, 0) is 24.1 Å². The van der Waals surface area contributed by atoms with Crippen LogP contribution in [0.3, 0.4) is 0 Å². The second kappa shape index (κ2) is 16.1. The molecule has 0 spiro atoms. The lowest BCUT2D eigenvalue weighted by Crippen LogP contribution is -2.26. The Bertz CT molecular complexity index is 1280. The second-order valence-electron chi connectivity index (χ2n) is 8.97. The second-order valence-corrected chi connectivity index (χ2v) is 9.68. The maximum Gasteiger partial charge on any atom is 0.328 e. The lowest BCUT2D eigenvalue weighted by Gasteiger charge is -2.20. The molecule has 17 heteroatoms. The summed E-state index contributed by atoms with van der Waals surface area (Å²) < 4.78 is 34.9. The van der Waals surface area contributed by atoms with Crippen LogP contribution in [-0.2, 0) is 54.6 Å². The van der Waals surface area contributed by atoms with E-state index in [1.807, 2.05) is 24.0 Å². The standard InChI is InChI=1S/C24H32N8O8S/c1-2-3-23(40-17-34)32-15-21(26-29-32)13-30(10-8-18-4-6-19(7-5-18)27-41(37)38)12-20-14-31(28-25-20)22(24(35)36)9-11-39-16-33/h4-7,14-17,22-23,27H,2-3,8-13H2,1H3,(H,35,36)(H,37,38)/t22-,23+/m0/s1. The normalized spacial score (nSPS) is 13.3. The van der Waals surface area contributed by atoms with E-state index in [4.69, 9.17) is 9.29 Å². The van der Waals surface area contributed by atoms with E-state index in [-0.39, 0.29) is 19.5 Å². The predicted molar refractivity (Wildman–Crippen MR) is 143 cm³/mol. The molecule has 2 aromatic heterocycles. The number of benzene rings is 1. The number of aromatic nitrogens is 6. The van der Waals surface area contributed by atoms with Gasteiger partial charge in [0.2, 0.25) is 0 Å². The highest BCUT2D eigenvalue weighted by atomic mass is 32.2. The maximum absolute atomic E-state index is 11.7. The monoisotopic (exact) mass is 592 g/mol. The zero-order valence-electron chi connectivity index (χ0n) is 22.3. The van der Waals surface area contributed by atoms with Crippen LogP contribution in [0.4, 0.5) is 5.69 Å². The minimum absolute atomic E-state index is 0.0280. The van der Waals surface area contributed by atoms with Crippen LogP contribution in [0.2, 0.25) is 0 Å². The summed E-state index contributed by atoms with van der Waals surface area (Å²) in [5, 5.41) is 26.1. The van der Waals surface area contributed by atoms with Crippen molar-refractivity contribution in [2.45, 2.75) is 58.0 Å². The van der Waals surface area contributed by atoms with Gasteiger partial charge in [-0.1, -0.05) is 35.9 Å². The molecule has 0 saturated heterocycles. The molecule has 1 unspecified atom stereocenters. The first kappa shape index (κ1) is 31.3. The Balaban J connectivity index is 1.75. The summed E-state index contributed by atoms with van der Waals surface area (Å²) in [6.45, 7) is 3.72. The smallest absolute Gasteiger partial charge is 0.328 e. The van der Waals surface area contributed by atoms with Crippen LogP contribution >= 0.6 is 0 Å². The summed E-state index contributed by atoms with van der Waals surface area (Å²) in [7, 11) is 0. The molecule has 0 radical (unpaired) electrons. The highest BCUT2D eigenvalue weighted by Gasteiger charge is 2.22. The summed E-state index contributed by atoms with van der Waals surface area (Å²) >= 11 is -2.17. The number of anilines is 1. The number of carboxylic acids is 1. The first-order chi connectivity index (χ1) is 19.8. The van der Waals surface area contributed by atoms with E-state index >= 15 is 0 Å². The molecule has 0 fully saturated rings. The lowest BCUT2D eigenvalue weighted by molar-refractivity contribution is -0.143. The van der Waals surface area contributed by atoms with Crippen LogP contribution in [0, 0.1) is 0 Å². The fourth-order valence-electron chi connectivity index (χ4n) is 4.03. The first-order valence-corrected chi connectivity index (χ1v) is 13.8.